The molecule has 1 saturated heterocycles. The molecule has 1 aliphatic heterocycles. The number of ether oxygens (including phenoxy) is 1. The first kappa shape index (κ1) is 12.2. The highest BCUT2D eigenvalue weighted by atomic mass is 16.7. The van der Waals surface area contributed by atoms with E-state index in [9.17, 15) is 25.4 Å². The van der Waals surface area contributed by atoms with E-state index in [0.717, 1.165) is 0 Å². The van der Waals surface area contributed by atoms with Gasteiger partial charge in [0.2, 0.25) is 0 Å². The van der Waals surface area contributed by atoms with E-state index in [1.165, 1.54) is 0 Å². The molecule has 1 rings (SSSR count). The average molecular weight is 225 g/mol. The van der Waals surface area contributed by atoms with Gasteiger partial charge in [-0.15, -0.1) is 0 Å². The first-order chi connectivity index (χ1) is 6.85. The molecule has 0 amide bonds. The second kappa shape index (κ2) is 3.96. The zero-order valence-corrected chi connectivity index (χ0v) is 7.42. The van der Waals surface area contributed by atoms with Gasteiger partial charge in [0.25, 0.3) is 6.29 Å². The summed E-state index contributed by atoms with van der Waals surface area (Å²) in [7, 11) is 0. The van der Waals surface area contributed by atoms with Crippen molar-refractivity contribution >= 4 is 0 Å². The summed E-state index contributed by atoms with van der Waals surface area (Å²) >= 11 is 0. The highest BCUT2D eigenvalue weighted by Gasteiger charge is 2.64. The van der Waals surface area contributed by atoms with Crippen LogP contribution in [0.25, 0.3) is 0 Å². The van der Waals surface area contributed by atoms with Crippen LogP contribution in [0.1, 0.15) is 0 Å². The van der Waals surface area contributed by atoms with Crippen molar-refractivity contribution < 1.29 is 35.2 Å². The monoisotopic (exact) mass is 225 g/mol. The Kier molecular flexibility index (Phi) is 3.23. The molecule has 0 saturated carbocycles. The summed E-state index contributed by atoms with van der Waals surface area (Å²) in [5, 5.41) is 55.9. The molecule has 9 nitrogen and oxygen atoms in total. The van der Waals surface area contributed by atoms with Crippen LogP contribution in [-0.4, -0.2) is 67.4 Å². The first-order valence-electron chi connectivity index (χ1n) is 4.03. The largest absolute Gasteiger partial charge is 0.401 e. The molecule has 0 unspecified atom stereocenters. The molecule has 5 N–H and O–H groups in total. The Hall–Kier alpha value is -0.840. The van der Waals surface area contributed by atoms with Crippen molar-refractivity contribution in [2.24, 2.45) is 0 Å². The number of hydrogen-bond acceptors (Lipinski definition) is 8. The highest BCUT2D eigenvalue weighted by Crippen LogP contribution is 2.28. The van der Waals surface area contributed by atoms with E-state index in [1.807, 2.05) is 0 Å². The quantitative estimate of drug-likeness (QED) is 0.183. The summed E-state index contributed by atoms with van der Waals surface area (Å²) in [6.07, 6.45) is -7.85. The maximum Gasteiger partial charge on any atom is 0.401 e. The topological polar surface area (TPSA) is 154 Å². The van der Waals surface area contributed by atoms with Gasteiger partial charge in [0, 0.05) is 0 Å². The Balaban J connectivity index is 2.98. The SMILES string of the molecule is O=[N+]([O-])[C@@]1(O)[C@H](O)O[C@H](CO)[C@H](O)[C@@H]1O. The van der Waals surface area contributed by atoms with Crippen LogP contribution >= 0.6 is 0 Å². The molecule has 1 aliphatic rings. The fourth-order valence-electron chi connectivity index (χ4n) is 1.30. The average Bonchev–Trinajstić information content (AvgIpc) is 2.20. The fraction of sp³-hybridized carbons (Fsp3) is 1.00. The minimum Gasteiger partial charge on any atom is -0.394 e. The molecule has 5 atom stereocenters. The zero-order chi connectivity index (χ0) is 11.8. The van der Waals surface area contributed by atoms with Gasteiger partial charge in [-0.3, -0.25) is 10.1 Å². The van der Waals surface area contributed by atoms with Gasteiger partial charge < -0.3 is 30.3 Å². The third-order valence-corrected chi connectivity index (χ3v) is 2.28. The molecule has 15 heavy (non-hydrogen) atoms. The normalized spacial score (nSPS) is 46.5. The van der Waals surface area contributed by atoms with Crippen molar-refractivity contribution in [1.82, 2.24) is 0 Å². The first-order valence-corrected chi connectivity index (χ1v) is 4.03. The molecule has 0 spiro atoms. The van der Waals surface area contributed by atoms with Crippen LogP contribution in [0.4, 0.5) is 0 Å². The summed E-state index contributed by atoms with van der Waals surface area (Å²) in [6, 6.07) is 0. The van der Waals surface area contributed by atoms with E-state index in [4.69, 9.17) is 10.2 Å². The van der Waals surface area contributed by atoms with Crippen molar-refractivity contribution in [2.45, 2.75) is 30.3 Å². The summed E-state index contributed by atoms with van der Waals surface area (Å²) in [5.74, 6) is 0. The van der Waals surface area contributed by atoms with E-state index < -0.39 is 41.9 Å². The third-order valence-electron chi connectivity index (χ3n) is 2.28. The lowest BCUT2D eigenvalue weighted by Gasteiger charge is -2.39. The van der Waals surface area contributed by atoms with Gasteiger partial charge in [-0.05, 0) is 0 Å². The van der Waals surface area contributed by atoms with Crippen LogP contribution in [0.3, 0.4) is 0 Å². The second-order valence-electron chi connectivity index (χ2n) is 3.19. The molecular weight excluding hydrogens is 214 g/mol. The second-order valence-corrected chi connectivity index (χ2v) is 3.19. The number of hydrogen-bond donors (Lipinski definition) is 5. The van der Waals surface area contributed by atoms with Gasteiger partial charge in [-0.2, -0.15) is 0 Å². The van der Waals surface area contributed by atoms with Crippen molar-refractivity contribution in [3.63, 3.8) is 0 Å². The van der Waals surface area contributed by atoms with Crippen molar-refractivity contribution in [2.75, 3.05) is 6.61 Å². The lowest BCUT2D eigenvalue weighted by atomic mass is 9.94. The number of aliphatic hydroxyl groups excluding tert-OH is 4. The Morgan fingerprint density at radius 3 is 2.33 bits per heavy atom. The molecule has 0 aromatic rings. The molecule has 0 bridgehead atoms. The summed E-state index contributed by atoms with van der Waals surface area (Å²) < 4.78 is 4.40. The lowest BCUT2D eigenvalue weighted by Crippen LogP contribution is -2.69. The van der Waals surface area contributed by atoms with Crippen LogP contribution in [0.2, 0.25) is 0 Å². The van der Waals surface area contributed by atoms with Crippen LogP contribution in [0, 0.1) is 10.1 Å². The van der Waals surface area contributed by atoms with E-state index in [0.29, 0.717) is 0 Å². The van der Waals surface area contributed by atoms with Crippen molar-refractivity contribution in [3.8, 4) is 0 Å². The minimum atomic E-state index is -3.20. The van der Waals surface area contributed by atoms with E-state index in [2.05, 4.69) is 4.74 Å². The van der Waals surface area contributed by atoms with Crippen molar-refractivity contribution in [3.05, 3.63) is 10.1 Å². The van der Waals surface area contributed by atoms with Gasteiger partial charge in [-0.1, -0.05) is 0 Å². The predicted molar refractivity (Wildman–Crippen MR) is 41.9 cm³/mol. The zero-order valence-electron chi connectivity index (χ0n) is 7.42. The summed E-state index contributed by atoms with van der Waals surface area (Å²) in [4.78, 5) is 9.06. The molecule has 9 heteroatoms. The maximum atomic E-state index is 10.4. The fourth-order valence-corrected chi connectivity index (χ4v) is 1.30. The minimum absolute atomic E-state index is 0.761. The lowest BCUT2D eigenvalue weighted by molar-refractivity contribution is -0.675. The number of aliphatic hydroxyl groups is 5. The molecule has 0 aliphatic carbocycles. The highest BCUT2D eigenvalue weighted by molar-refractivity contribution is 4.93. The number of nitro groups is 1. The Morgan fingerprint density at radius 1 is 1.40 bits per heavy atom. The molecule has 0 radical (unpaired) electrons. The number of nitrogens with zero attached hydrogens (tertiary/aromatic N) is 1. The molecule has 88 valence electrons. The standard InChI is InChI=1S/C6H11NO8/c8-1-2-3(9)4(10)6(12,7(13)14)5(11)15-2/h2-5,8-12H,1H2/t2-,3+,4+,5-,6+/m1/s1. The summed E-state index contributed by atoms with van der Waals surface area (Å²) in [6.45, 7) is -0.761. The van der Waals surface area contributed by atoms with Crippen molar-refractivity contribution in [1.29, 1.82) is 0 Å². The Morgan fingerprint density at radius 2 is 1.93 bits per heavy atom. The smallest absolute Gasteiger partial charge is 0.394 e. The van der Waals surface area contributed by atoms with E-state index in [1.54, 1.807) is 0 Å². The third kappa shape index (κ3) is 1.69. The van der Waals surface area contributed by atoms with Gasteiger partial charge >= 0.3 is 5.72 Å². The predicted octanol–water partition coefficient (Wildman–Crippen LogP) is -3.62. The Labute approximate surface area is 83.3 Å². The van der Waals surface area contributed by atoms with Crippen LogP contribution in [0.15, 0.2) is 0 Å². The Bertz CT molecular complexity index is 260. The van der Waals surface area contributed by atoms with Crippen LogP contribution in [0.5, 0.6) is 0 Å². The van der Waals surface area contributed by atoms with Crippen LogP contribution in [-0.2, 0) is 4.74 Å². The van der Waals surface area contributed by atoms with Gasteiger partial charge in [-0.25, -0.2) is 0 Å². The maximum absolute atomic E-state index is 10.4. The van der Waals surface area contributed by atoms with E-state index >= 15 is 0 Å². The molecule has 0 aromatic heterocycles. The van der Waals surface area contributed by atoms with Gasteiger partial charge in [0.15, 0.2) is 6.10 Å². The molecular formula is C6H11NO8. The number of rotatable bonds is 2. The molecule has 0 aromatic carbocycles. The molecule has 1 heterocycles. The van der Waals surface area contributed by atoms with Crippen LogP contribution < -0.4 is 0 Å². The van der Waals surface area contributed by atoms with E-state index in [-0.39, 0.29) is 0 Å². The van der Waals surface area contributed by atoms with Gasteiger partial charge in [0.1, 0.15) is 12.2 Å². The summed E-state index contributed by atoms with van der Waals surface area (Å²) in [5.41, 5.74) is -3.20. The van der Waals surface area contributed by atoms with Gasteiger partial charge in [0.05, 0.1) is 11.5 Å². The molecule has 1 fully saturated rings.